The molecule has 0 unspecified atom stereocenters. The first-order valence-electron chi connectivity index (χ1n) is 17.1. The van der Waals surface area contributed by atoms with Crippen LogP contribution in [0.1, 0.15) is 78.7 Å². The zero-order valence-electron chi connectivity index (χ0n) is 28.2. The molecular formula is C37H47F2N5O3. The number of aliphatic hydroxyl groups is 1. The number of anilines is 1. The number of pyridine rings is 1. The summed E-state index contributed by atoms with van der Waals surface area (Å²) < 4.78 is 38.3. The van der Waals surface area contributed by atoms with E-state index in [-0.39, 0.29) is 40.2 Å². The maximum Gasteiger partial charge on any atom is 0.319 e. The second-order valence-corrected chi connectivity index (χ2v) is 14.0. The summed E-state index contributed by atoms with van der Waals surface area (Å²) in [6.45, 7) is 13.0. The number of likely N-dealkylation sites (tertiary alicyclic amines) is 1. The largest absolute Gasteiger partial charge is 0.508 e. The van der Waals surface area contributed by atoms with Gasteiger partial charge in [-0.1, -0.05) is 26.3 Å². The molecule has 2 aromatic heterocycles. The fraction of sp³-hybridized carbons (Fsp3) is 0.541. The van der Waals surface area contributed by atoms with E-state index in [1.54, 1.807) is 18.3 Å². The summed E-state index contributed by atoms with van der Waals surface area (Å²) in [5.41, 5.74) is -0.0951. The van der Waals surface area contributed by atoms with Crippen molar-refractivity contribution in [1.29, 1.82) is 0 Å². The summed E-state index contributed by atoms with van der Waals surface area (Å²) >= 11 is 0. The number of piperidine rings is 1. The second-order valence-electron chi connectivity index (χ2n) is 14.0. The summed E-state index contributed by atoms with van der Waals surface area (Å²) in [5, 5.41) is 22.8. The Kier molecular flexibility index (Phi) is 9.28. The number of ether oxygens (including phenoxy) is 1. The number of aromatic nitrogens is 3. The maximum atomic E-state index is 16.8. The van der Waals surface area contributed by atoms with Crippen LogP contribution in [-0.4, -0.2) is 74.5 Å². The monoisotopic (exact) mass is 647 g/mol. The molecular weight excluding hydrogens is 600 g/mol. The lowest BCUT2D eigenvalue weighted by Crippen LogP contribution is -2.55. The van der Waals surface area contributed by atoms with Gasteiger partial charge in [-0.2, -0.15) is 9.97 Å². The molecule has 1 saturated heterocycles. The van der Waals surface area contributed by atoms with Crippen LogP contribution in [0.25, 0.3) is 32.9 Å². The molecule has 1 aliphatic heterocycles. The third-order valence-corrected chi connectivity index (χ3v) is 10.1. The topological polar surface area (TPSA) is 94.8 Å². The van der Waals surface area contributed by atoms with Crippen LogP contribution in [-0.2, 0) is 6.42 Å². The first-order valence-corrected chi connectivity index (χ1v) is 17.1. The molecule has 1 aliphatic carbocycles. The van der Waals surface area contributed by atoms with Gasteiger partial charge < -0.3 is 19.8 Å². The highest BCUT2D eigenvalue weighted by atomic mass is 19.1. The van der Waals surface area contributed by atoms with Gasteiger partial charge in [0.25, 0.3) is 0 Å². The summed E-state index contributed by atoms with van der Waals surface area (Å²) in [6, 6.07) is 6.35. The minimum atomic E-state index is -0.792. The number of aryl methyl sites for hydroxylation is 1. The van der Waals surface area contributed by atoms with Crippen molar-refractivity contribution in [2.24, 2.45) is 5.41 Å². The van der Waals surface area contributed by atoms with E-state index in [0.29, 0.717) is 65.8 Å². The predicted molar refractivity (Wildman–Crippen MR) is 182 cm³/mol. The van der Waals surface area contributed by atoms with Gasteiger partial charge in [-0.15, -0.1) is 0 Å². The number of hydrogen-bond donors (Lipinski definition) is 2. The molecule has 0 bridgehead atoms. The lowest BCUT2D eigenvalue weighted by Gasteiger charge is -2.47. The number of rotatable bonds is 11. The van der Waals surface area contributed by atoms with E-state index < -0.39 is 11.4 Å². The number of halogens is 2. The summed E-state index contributed by atoms with van der Waals surface area (Å²) in [4.78, 5) is 18.6. The molecule has 2 aliphatic rings. The number of phenolic OH excluding ortho intramolecular Hbond substituents is 1. The Labute approximate surface area is 275 Å². The third-order valence-electron chi connectivity index (χ3n) is 10.1. The minimum absolute atomic E-state index is 0.0168. The lowest BCUT2D eigenvalue weighted by atomic mass is 9.75. The molecule has 2 fully saturated rings. The van der Waals surface area contributed by atoms with Crippen LogP contribution in [0.3, 0.4) is 0 Å². The summed E-state index contributed by atoms with van der Waals surface area (Å²) in [6.07, 6.45) is 8.01. The highest BCUT2D eigenvalue weighted by Gasteiger charge is 2.49. The van der Waals surface area contributed by atoms with Crippen molar-refractivity contribution in [1.82, 2.24) is 19.9 Å². The molecule has 10 heteroatoms. The SMILES string of the molecule is CCCN(CC)c1nc(OC[C@]23CCC[C@H]2N(CC(C)(C)O)CCC3)nc2c(F)c(-c3cc(O)cc4ccc(F)c(CC)c34)ncc12. The van der Waals surface area contributed by atoms with Gasteiger partial charge in [0, 0.05) is 42.9 Å². The predicted octanol–water partition coefficient (Wildman–Crippen LogP) is 7.41. The van der Waals surface area contributed by atoms with Crippen LogP contribution in [0.2, 0.25) is 0 Å². The van der Waals surface area contributed by atoms with Crippen molar-refractivity contribution in [3.63, 3.8) is 0 Å². The van der Waals surface area contributed by atoms with E-state index in [9.17, 15) is 14.6 Å². The van der Waals surface area contributed by atoms with Crippen LogP contribution in [0.15, 0.2) is 30.5 Å². The molecule has 0 spiro atoms. The molecule has 0 radical (unpaired) electrons. The maximum absolute atomic E-state index is 16.8. The van der Waals surface area contributed by atoms with E-state index in [2.05, 4.69) is 26.7 Å². The molecule has 47 heavy (non-hydrogen) atoms. The van der Waals surface area contributed by atoms with Crippen molar-refractivity contribution >= 4 is 27.5 Å². The zero-order chi connectivity index (χ0) is 33.5. The quantitative estimate of drug-likeness (QED) is 0.174. The van der Waals surface area contributed by atoms with Crippen molar-refractivity contribution in [3.8, 4) is 23.0 Å². The molecule has 1 saturated carbocycles. The van der Waals surface area contributed by atoms with Gasteiger partial charge in [0.1, 0.15) is 28.6 Å². The van der Waals surface area contributed by atoms with Crippen LogP contribution in [0.5, 0.6) is 11.8 Å². The lowest BCUT2D eigenvalue weighted by molar-refractivity contribution is -0.0431. The summed E-state index contributed by atoms with van der Waals surface area (Å²) in [7, 11) is 0. The Balaban J connectivity index is 1.45. The van der Waals surface area contributed by atoms with E-state index in [0.717, 1.165) is 45.1 Å². The third kappa shape index (κ3) is 6.34. The standard InChI is InChI=1S/C37H47F2N5O3/c1-6-16-43(8-3)34-27-20-40-32(26-19-24(45)18-23-12-13-28(38)25(7-2)30(23)26)31(39)33(27)41-35(42-34)47-22-37-14-9-11-29(37)44(17-10-15-37)21-36(4,5)46/h12-13,18-20,29,45-46H,6-11,14-17,21-22H2,1-5H3/t29-,37-/m1/s1. The molecule has 6 rings (SSSR count). The molecule has 4 aromatic rings. The highest BCUT2D eigenvalue weighted by Crippen LogP contribution is 2.48. The van der Waals surface area contributed by atoms with E-state index >= 15 is 4.39 Å². The first-order chi connectivity index (χ1) is 22.5. The number of fused-ring (bicyclic) bond motifs is 3. The molecule has 252 valence electrons. The van der Waals surface area contributed by atoms with E-state index in [1.807, 2.05) is 27.7 Å². The van der Waals surface area contributed by atoms with Crippen LogP contribution >= 0.6 is 0 Å². The normalized spacial score (nSPS) is 20.2. The fourth-order valence-corrected chi connectivity index (χ4v) is 8.14. The number of hydrogen-bond acceptors (Lipinski definition) is 8. The average Bonchev–Trinajstić information content (AvgIpc) is 3.47. The van der Waals surface area contributed by atoms with Crippen molar-refractivity contribution in [2.45, 2.75) is 91.2 Å². The van der Waals surface area contributed by atoms with Crippen LogP contribution in [0.4, 0.5) is 14.6 Å². The zero-order valence-corrected chi connectivity index (χ0v) is 28.2. The fourth-order valence-electron chi connectivity index (χ4n) is 8.14. The Morgan fingerprint density at radius 2 is 1.89 bits per heavy atom. The number of phenols is 1. The molecule has 0 amide bonds. The van der Waals surface area contributed by atoms with Gasteiger partial charge in [-0.25, -0.2) is 8.78 Å². The molecule has 2 aromatic carbocycles. The Morgan fingerprint density at radius 3 is 2.62 bits per heavy atom. The van der Waals surface area contributed by atoms with E-state index in [1.165, 1.54) is 12.1 Å². The van der Waals surface area contributed by atoms with Crippen LogP contribution < -0.4 is 9.64 Å². The average molecular weight is 648 g/mol. The minimum Gasteiger partial charge on any atom is -0.508 e. The highest BCUT2D eigenvalue weighted by molar-refractivity contribution is 6.01. The first kappa shape index (κ1) is 33.3. The summed E-state index contributed by atoms with van der Waals surface area (Å²) in [5.74, 6) is -0.569. The van der Waals surface area contributed by atoms with Crippen LogP contribution in [0, 0.1) is 17.0 Å². The number of β-amino-alcohol motifs (C(OH)–C–C–N with tert-alkyl or cyclic N) is 1. The van der Waals surface area contributed by atoms with Crippen molar-refractivity contribution < 1.29 is 23.7 Å². The Bertz CT molecular complexity index is 1780. The second kappa shape index (κ2) is 13.1. The van der Waals surface area contributed by atoms with Gasteiger partial charge in [0.15, 0.2) is 5.82 Å². The molecule has 2 N–H and O–H groups in total. The van der Waals surface area contributed by atoms with Gasteiger partial charge in [0.05, 0.1) is 17.6 Å². The number of aromatic hydroxyl groups is 1. The van der Waals surface area contributed by atoms with Gasteiger partial charge in [-0.05, 0) is 100 Å². The van der Waals surface area contributed by atoms with E-state index in [4.69, 9.17) is 9.72 Å². The Hall–Kier alpha value is -3.63. The van der Waals surface area contributed by atoms with Gasteiger partial charge in [-0.3, -0.25) is 9.88 Å². The Morgan fingerprint density at radius 1 is 1.11 bits per heavy atom. The molecule has 8 nitrogen and oxygen atoms in total. The molecule has 2 atom stereocenters. The van der Waals surface area contributed by atoms with Gasteiger partial charge in [0.2, 0.25) is 0 Å². The van der Waals surface area contributed by atoms with Crippen molar-refractivity contribution in [2.75, 3.05) is 37.7 Å². The van der Waals surface area contributed by atoms with Gasteiger partial charge >= 0.3 is 6.01 Å². The molecule has 3 heterocycles. The smallest absolute Gasteiger partial charge is 0.319 e. The van der Waals surface area contributed by atoms with Crippen molar-refractivity contribution in [3.05, 3.63) is 47.7 Å². The number of nitrogens with zero attached hydrogens (tertiary/aromatic N) is 5. The number of benzene rings is 2.